The smallest absolute Gasteiger partial charge is 0.334 e. The molecule has 18 heavy (non-hydrogen) atoms. The van der Waals surface area contributed by atoms with E-state index in [0.29, 0.717) is 18.4 Å². The second kappa shape index (κ2) is 3.47. The Morgan fingerprint density at radius 1 is 1.39 bits per heavy atom. The zero-order valence-electron chi connectivity index (χ0n) is 10.9. The van der Waals surface area contributed by atoms with E-state index in [1.54, 1.807) is 0 Å². The normalized spacial score (nSPS) is 47.6. The second-order valence-electron chi connectivity index (χ2n) is 6.15. The van der Waals surface area contributed by atoms with Crippen LogP contribution in [-0.2, 0) is 9.53 Å². The minimum absolute atomic E-state index is 0.125. The summed E-state index contributed by atoms with van der Waals surface area (Å²) in [5, 5.41) is 11.1. The molecule has 2 saturated carbocycles. The van der Waals surface area contributed by atoms with E-state index in [-0.39, 0.29) is 17.8 Å². The van der Waals surface area contributed by atoms with Crippen molar-refractivity contribution in [1.82, 2.24) is 0 Å². The number of hydrogen-bond donors (Lipinski definition) is 1. The van der Waals surface area contributed by atoms with Crippen LogP contribution in [0.15, 0.2) is 24.3 Å². The lowest BCUT2D eigenvalue weighted by atomic mass is 9.72. The molecule has 0 amide bonds. The maximum Gasteiger partial charge on any atom is 0.334 e. The molecular formula is C15H20O3. The average Bonchev–Trinajstić information content (AvgIpc) is 2.52. The van der Waals surface area contributed by atoms with Crippen molar-refractivity contribution < 1.29 is 14.6 Å². The zero-order valence-corrected chi connectivity index (χ0v) is 10.9. The molecule has 3 aliphatic rings. The van der Waals surface area contributed by atoms with Gasteiger partial charge in [0, 0.05) is 12.0 Å². The van der Waals surface area contributed by atoms with Crippen LogP contribution in [0, 0.1) is 11.8 Å². The molecule has 1 N–H and O–H groups in total. The van der Waals surface area contributed by atoms with Crippen molar-refractivity contribution in [2.75, 3.05) is 0 Å². The van der Waals surface area contributed by atoms with E-state index in [1.807, 2.05) is 0 Å². The Labute approximate surface area is 108 Å². The molecule has 2 bridgehead atoms. The summed E-state index contributed by atoms with van der Waals surface area (Å²) in [5.74, 6) is -0.0835. The summed E-state index contributed by atoms with van der Waals surface area (Å²) >= 11 is 0. The van der Waals surface area contributed by atoms with Crippen LogP contribution < -0.4 is 0 Å². The Kier molecular flexibility index (Phi) is 2.31. The average molecular weight is 248 g/mol. The van der Waals surface area contributed by atoms with Crippen LogP contribution >= 0.6 is 0 Å². The lowest BCUT2D eigenvalue weighted by molar-refractivity contribution is -0.193. The minimum Gasteiger partial charge on any atom is -0.448 e. The third-order valence-corrected chi connectivity index (χ3v) is 5.40. The van der Waals surface area contributed by atoms with Gasteiger partial charge in [0.2, 0.25) is 0 Å². The van der Waals surface area contributed by atoms with Crippen LogP contribution in [-0.4, -0.2) is 22.3 Å². The van der Waals surface area contributed by atoms with Gasteiger partial charge in [0.15, 0.2) is 5.60 Å². The third-order valence-electron chi connectivity index (χ3n) is 5.40. The summed E-state index contributed by atoms with van der Waals surface area (Å²) < 4.78 is 5.66. The Morgan fingerprint density at radius 3 is 2.83 bits per heavy atom. The summed E-state index contributed by atoms with van der Waals surface area (Å²) in [4.78, 5) is 12.0. The molecule has 1 saturated heterocycles. The molecule has 0 radical (unpaired) electrons. The largest absolute Gasteiger partial charge is 0.448 e. The first-order valence-electron chi connectivity index (χ1n) is 6.73. The molecule has 1 heterocycles. The fourth-order valence-electron chi connectivity index (χ4n) is 4.05. The van der Waals surface area contributed by atoms with Gasteiger partial charge in [-0.05, 0) is 43.1 Å². The number of fused-ring (bicyclic) bond motifs is 1. The first-order chi connectivity index (χ1) is 8.41. The summed E-state index contributed by atoms with van der Waals surface area (Å²) in [7, 11) is 0. The van der Waals surface area contributed by atoms with Crippen LogP contribution in [0.1, 0.15) is 39.0 Å². The first kappa shape index (κ1) is 12.0. The minimum atomic E-state index is -0.935. The molecule has 2 aliphatic carbocycles. The van der Waals surface area contributed by atoms with Crippen LogP contribution in [0.2, 0.25) is 0 Å². The Hall–Kier alpha value is -1.09. The van der Waals surface area contributed by atoms with Crippen molar-refractivity contribution in [1.29, 1.82) is 0 Å². The number of hydrogen-bond acceptors (Lipinski definition) is 3. The number of carbonyl (C=O) groups is 1. The molecule has 3 nitrogen and oxygen atoms in total. The molecule has 98 valence electrons. The Balaban J connectivity index is 2.15. The van der Waals surface area contributed by atoms with Gasteiger partial charge in [0.25, 0.3) is 0 Å². The fourth-order valence-corrected chi connectivity index (χ4v) is 4.05. The van der Waals surface area contributed by atoms with E-state index in [2.05, 4.69) is 20.1 Å². The van der Waals surface area contributed by atoms with Crippen molar-refractivity contribution in [3.8, 4) is 0 Å². The van der Waals surface area contributed by atoms with Gasteiger partial charge in [-0.25, -0.2) is 4.79 Å². The molecule has 3 rings (SSSR count). The van der Waals surface area contributed by atoms with Gasteiger partial charge in [-0.2, -0.15) is 0 Å². The summed E-state index contributed by atoms with van der Waals surface area (Å²) in [6, 6.07) is 0. The quantitative estimate of drug-likeness (QED) is 0.406. The molecule has 3 heteroatoms. The van der Waals surface area contributed by atoms with Gasteiger partial charge < -0.3 is 9.84 Å². The van der Waals surface area contributed by atoms with Crippen LogP contribution in [0.3, 0.4) is 0 Å². The molecule has 1 spiro atoms. The van der Waals surface area contributed by atoms with Crippen molar-refractivity contribution >= 4 is 5.97 Å². The van der Waals surface area contributed by atoms with Gasteiger partial charge in [0.1, 0.15) is 5.60 Å². The van der Waals surface area contributed by atoms with E-state index in [0.717, 1.165) is 24.8 Å². The van der Waals surface area contributed by atoms with Gasteiger partial charge in [-0.1, -0.05) is 20.1 Å². The summed E-state index contributed by atoms with van der Waals surface area (Å²) in [6.07, 6.45) is 3.88. The van der Waals surface area contributed by atoms with E-state index in [1.165, 1.54) is 0 Å². The summed E-state index contributed by atoms with van der Waals surface area (Å²) in [5.41, 5.74) is -0.345. The molecule has 0 aromatic carbocycles. The van der Waals surface area contributed by atoms with E-state index >= 15 is 0 Å². The van der Waals surface area contributed by atoms with Crippen LogP contribution in [0.4, 0.5) is 0 Å². The van der Waals surface area contributed by atoms with Gasteiger partial charge in [-0.3, -0.25) is 0 Å². The Morgan fingerprint density at radius 2 is 2.11 bits per heavy atom. The lowest BCUT2D eigenvalue weighted by Gasteiger charge is -2.47. The third kappa shape index (κ3) is 1.21. The topological polar surface area (TPSA) is 46.5 Å². The maximum atomic E-state index is 12.0. The van der Waals surface area contributed by atoms with Crippen LogP contribution in [0.25, 0.3) is 0 Å². The maximum absolute atomic E-state index is 12.0. The van der Waals surface area contributed by atoms with Crippen molar-refractivity contribution in [3.05, 3.63) is 24.3 Å². The van der Waals surface area contributed by atoms with E-state index in [4.69, 9.17) is 4.74 Å². The van der Waals surface area contributed by atoms with E-state index < -0.39 is 11.2 Å². The number of aliphatic hydroxyl groups is 1. The summed E-state index contributed by atoms with van der Waals surface area (Å²) in [6.45, 7) is 9.97. The highest BCUT2D eigenvalue weighted by Gasteiger charge is 2.65. The number of carbonyl (C=O) groups excluding carboxylic acids is 1. The second-order valence-corrected chi connectivity index (χ2v) is 6.15. The number of ether oxygens (including phenoxy) is 1. The predicted octanol–water partition coefficient (Wildman–Crippen LogP) is 2.36. The molecule has 4 unspecified atom stereocenters. The molecular weight excluding hydrogens is 228 g/mol. The highest BCUT2D eigenvalue weighted by molar-refractivity contribution is 5.90. The van der Waals surface area contributed by atoms with Gasteiger partial charge in [-0.15, -0.1) is 0 Å². The highest BCUT2D eigenvalue weighted by Crippen LogP contribution is 2.58. The van der Waals surface area contributed by atoms with Gasteiger partial charge >= 0.3 is 5.97 Å². The number of esters is 1. The molecule has 3 fully saturated rings. The monoisotopic (exact) mass is 248 g/mol. The molecule has 4 atom stereocenters. The molecule has 0 aromatic rings. The van der Waals surface area contributed by atoms with E-state index in [9.17, 15) is 9.90 Å². The Bertz CT molecular complexity index is 453. The van der Waals surface area contributed by atoms with Crippen molar-refractivity contribution in [2.24, 2.45) is 11.8 Å². The first-order valence-corrected chi connectivity index (χ1v) is 6.73. The number of rotatable bonds is 0. The van der Waals surface area contributed by atoms with Crippen LogP contribution in [0.5, 0.6) is 0 Å². The highest BCUT2D eigenvalue weighted by atomic mass is 16.6. The van der Waals surface area contributed by atoms with Gasteiger partial charge in [0.05, 0.1) is 0 Å². The lowest BCUT2D eigenvalue weighted by Crippen LogP contribution is -2.58. The zero-order chi connectivity index (χ0) is 13.1. The molecule has 1 aliphatic heterocycles. The standard InChI is InChI=1S/C15H20O3/c1-9-4-5-12-8-15(18-13(16)11(12)3)10(2)6-7-14(9,15)17/h9,12,17H,2-8H2,1H3. The SMILES string of the molecule is C=C1C(=O)OC23CC1CCC(C)C2(O)CCC3=C. The predicted molar refractivity (Wildman–Crippen MR) is 67.8 cm³/mol. The van der Waals surface area contributed by atoms with Crippen molar-refractivity contribution in [3.63, 3.8) is 0 Å². The fraction of sp³-hybridized carbons (Fsp3) is 0.667. The molecule has 0 aromatic heterocycles. The van der Waals surface area contributed by atoms with Crippen molar-refractivity contribution in [2.45, 2.75) is 50.2 Å².